The molecule has 1 amide bonds. The molecule has 1 aromatic heterocycles. The van der Waals surface area contributed by atoms with Crippen LogP contribution in [0.4, 0.5) is 27.1 Å². The highest BCUT2D eigenvalue weighted by atomic mass is 32.1. The zero-order chi connectivity index (χ0) is 18.3. The Labute approximate surface area is 140 Å². The Hall–Kier alpha value is -2.75. The topological polar surface area (TPSA) is 51.2 Å². The van der Waals surface area contributed by atoms with E-state index in [1.165, 1.54) is 7.11 Å². The Morgan fingerprint density at radius 2 is 1.64 bits per heavy atom. The van der Waals surface area contributed by atoms with Crippen LogP contribution in [0.15, 0.2) is 18.2 Å². The fourth-order valence-corrected chi connectivity index (χ4v) is 2.94. The number of hydrogen-bond acceptors (Lipinski definition) is 4. The smallest absolute Gasteiger partial charge is 0.263 e. The molecule has 0 bridgehead atoms. The Morgan fingerprint density at radius 3 is 2.24 bits per heavy atom. The number of amides is 1. The number of thiazole rings is 1. The number of anilines is 1. The monoisotopic (exact) mass is 374 g/mol. The van der Waals surface area contributed by atoms with Crippen molar-refractivity contribution in [1.82, 2.24) is 4.98 Å². The number of rotatable bonds is 3. The molecular formula is C15H7F5N2O2S. The molecule has 3 rings (SSSR count). The molecule has 1 N–H and O–H groups in total. The molecule has 1 heterocycles. The molecule has 0 fully saturated rings. The molecule has 0 aliphatic heterocycles. The molecule has 2 aromatic carbocycles. The number of methoxy groups -OCH3 is 1. The van der Waals surface area contributed by atoms with Crippen LogP contribution in [0.1, 0.15) is 10.4 Å². The first-order chi connectivity index (χ1) is 11.8. The van der Waals surface area contributed by atoms with E-state index in [0.29, 0.717) is 16.0 Å². The maximum absolute atomic E-state index is 13.6. The van der Waals surface area contributed by atoms with Crippen molar-refractivity contribution < 1.29 is 31.5 Å². The summed E-state index contributed by atoms with van der Waals surface area (Å²) in [6, 6.07) is 4.80. The number of benzene rings is 2. The van der Waals surface area contributed by atoms with E-state index in [9.17, 15) is 26.7 Å². The van der Waals surface area contributed by atoms with Crippen LogP contribution in [-0.2, 0) is 0 Å². The van der Waals surface area contributed by atoms with Crippen molar-refractivity contribution in [3.63, 3.8) is 0 Å². The second-order valence-electron chi connectivity index (χ2n) is 4.75. The van der Waals surface area contributed by atoms with Crippen molar-refractivity contribution in [2.45, 2.75) is 0 Å². The molecule has 0 aliphatic rings. The third-order valence-corrected chi connectivity index (χ3v) is 4.19. The van der Waals surface area contributed by atoms with Gasteiger partial charge in [0.1, 0.15) is 11.3 Å². The fourth-order valence-electron chi connectivity index (χ4n) is 2.05. The molecule has 25 heavy (non-hydrogen) atoms. The summed E-state index contributed by atoms with van der Waals surface area (Å²) in [5.74, 6) is -12.1. The summed E-state index contributed by atoms with van der Waals surface area (Å²) < 4.78 is 72.3. The summed E-state index contributed by atoms with van der Waals surface area (Å²) in [5, 5.41) is 1.96. The van der Waals surface area contributed by atoms with Gasteiger partial charge in [-0.3, -0.25) is 10.1 Å². The van der Waals surface area contributed by atoms with Crippen molar-refractivity contribution in [3.05, 3.63) is 52.8 Å². The molecule has 3 aromatic rings. The second kappa shape index (κ2) is 6.28. The number of nitrogens with zero attached hydrogens (tertiary/aromatic N) is 1. The lowest BCUT2D eigenvalue weighted by molar-refractivity contribution is 0.101. The van der Waals surface area contributed by atoms with Crippen molar-refractivity contribution >= 4 is 32.6 Å². The van der Waals surface area contributed by atoms with Gasteiger partial charge in [0.2, 0.25) is 5.82 Å². The summed E-state index contributed by atoms with van der Waals surface area (Å²) in [4.78, 5) is 16.0. The summed E-state index contributed by atoms with van der Waals surface area (Å²) >= 11 is 0.944. The number of carbonyl (C=O) groups excluding carboxylic acids is 1. The van der Waals surface area contributed by atoms with Gasteiger partial charge >= 0.3 is 0 Å². The van der Waals surface area contributed by atoms with Gasteiger partial charge in [0, 0.05) is 0 Å². The quantitative estimate of drug-likeness (QED) is 0.424. The largest absolute Gasteiger partial charge is 0.497 e. The number of fused-ring (bicyclic) bond motifs is 1. The highest BCUT2D eigenvalue weighted by molar-refractivity contribution is 7.22. The van der Waals surface area contributed by atoms with Gasteiger partial charge in [-0.05, 0) is 18.2 Å². The van der Waals surface area contributed by atoms with Crippen LogP contribution in [0.5, 0.6) is 5.75 Å². The lowest BCUT2D eigenvalue weighted by Gasteiger charge is -2.07. The van der Waals surface area contributed by atoms with E-state index in [1.807, 2.05) is 5.32 Å². The Morgan fingerprint density at radius 1 is 1.04 bits per heavy atom. The Balaban J connectivity index is 1.98. The van der Waals surface area contributed by atoms with Gasteiger partial charge in [0.25, 0.3) is 5.91 Å². The predicted molar refractivity (Wildman–Crippen MR) is 80.4 cm³/mol. The highest BCUT2D eigenvalue weighted by Crippen LogP contribution is 2.30. The van der Waals surface area contributed by atoms with Gasteiger partial charge in [-0.25, -0.2) is 26.9 Å². The van der Waals surface area contributed by atoms with Crippen molar-refractivity contribution in [1.29, 1.82) is 0 Å². The summed E-state index contributed by atoms with van der Waals surface area (Å²) in [7, 11) is 1.45. The van der Waals surface area contributed by atoms with Crippen LogP contribution < -0.4 is 10.1 Å². The first kappa shape index (κ1) is 17.1. The summed E-state index contributed by atoms with van der Waals surface area (Å²) in [6.07, 6.45) is 0. The first-order valence-corrected chi connectivity index (χ1v) is 7.42. The van der Waals surface area contributed by atoms with E-state index in [-0.39, 0.29) is 5.13 Å². The lowest BCUT2D eigenvalue weighted by Crippen LogP contribution is -2.19. The lowest BCUT2D eigenvalue weighted by atomic mass is 10.1. The van der Waals surface area contributed by atoms with Crippen LogP contribution in [-0.4, -0.2) is 18.0 Å². The number of aromatic nitrogens is 1. The molecular weight excluding hydrogens is 367 g/mol. The van der Waals surface area contributed by atoms with Crippen molar-refractivity contribution in [3.8, 4) is 5.75 Å². The van der Waals surface area contributed by atoms with E-state index in [4.69, 9.17) is 4.74 Å². The molecule has 0 unspecified atom stereocenters. The second-order valence-corrected chi connectivity index (χ2v) is 5.78. The molecule has 4 nitrogen and oxygen atoms in total. The van der Waals surface area contributed by atoms with E-state index in [2.05, 4.69) is 4.98 Å². The molecule has 0 aliphatic carbocycles. The molecule has 0 saturated heterocycles. The van der Waals surface area contributed by atoms with Crippen LogP contribution in [0.2, 0.25) is 0 Å². The number of ether oxygens (including phenoxy) is 1. The number of hydrogen-bond donors (Lipinski definition) is 1. The number of carbonyl (C=O) groups is 1. The van der Waals surface area contributed by atoms with E-state index < -0.39 is 40.6 Å². The van der Waals surface area contributed by atoms with Gasteiger partial charge < -0.3 is 4.74 Å². The Kier molecular flexibility index (Phi) is 4.29. The normalized spacial score (nSPS) is 11.0. The Bertz CT molecular complexity index is 976. The van der Waals surface area contributed by atoms with E-state index in [1.54, 1.807) is 18.2 Å². The predicted octanol–water partition coefficient (Wildman–Crippen LogP) is 4.25. The maximum atomic E-state index is 13.6. The van der Waals surface area contributed by atoms with Crippen LogP contribution in [0, 0.1) is 29.1 Å². The molecule has 0 saturated carbocycles. The standard InChI is InChI=1S/C15H7F5N2O2S/c1-24-5-2-3-6-7(4-5)25-15(21-6)22-14(23)8-9(16)11(18)13(20)12(19)10(8)17/h2-4H,1H3,(H,21,22,23). The highest BCUT2D eigenvalue weighted by Gasteiger charge is 2.30. The number of nitrogens with one attached hydrogen (secondary N) is 1. The van der Waals surface area contributed by atoms with Crippen molar-refractivity contribution in [2.24, 2.45) is 0 Å². The maximum Gasteiger partial charge on any atom is 0.263 e. The number of halogens is 5. The molecule has 0 radical (unpaired) electrons. The molecule has 0 atom stereocenters. The van der Waals surface area contributed by atoms with E-state index in [0.717, 1.165) is 11.3 Å². The zero-order valence-corrected chi connectivity index (χ0v) is 13.1. The van der Waals surface area contributed by atoms with E-state index >= 15 is 0 Å². The zero-order valence-electron chi connectivity index (χ0n) is 12.3. The molecule has 10 heteroatoms. The van der Waals surface area contributed by atoms with Crippen LogP contribution in [0.3, 0.4) is 0 Å². The minimum Gasteiger partial charge on any atom is -0.497 e. The van der Waals surface area contributed by atoms with Crippen LogP contribution in [0.25, 0.3) is 10.2 Å². The fraction of sp³-hybridized carbons (Fsp3) is 0.0667. The van der Waals surface area contributed by atoms with Gasteiger partial charge in [-0.15, -0.1) is 0 Å². The average molecular weight is 374 g/mol. The molecule has 130 valence electrons. The van der Waals surface area contributed by atoms with Crippen LogP contribution >= 0.6 is 11.3 Å². The third-order valence-electron chi connectivity index (χ3n) is 3.25. The van der Waals surface area contributed by atoms with Crippen molar-refractivity contribution in [2.75, 3.05) is 12.4 Å². The van der Waals surface area contributed by atoms with Gasteiger partial charge in [0.05, 0.1) is 17.3 Å². The first-order valence-electron chi connectivity index (χ1n) is 6.60. The minimum absolute atomic E-state index is 0.0720. The van der Waals surface area contributed by atoms with Gasteiger partial charge in [0.15, 0.2) is 28.4 Å². The van der Waals surface area contributed by atoms with Gasteiger partial charge in [-0.1, -0.05) is 11.3 Å². The average Bonchev–Trinajstić information content (AvgIpc) is 2.99. The summed E-state index contributed by atoms with van der Waals surface area (Å²) in [5.41, 5.74) is -1.12. The SMILES string of the molecule is COc1ccc2nc(NC(=O)c3c(F)c(F)c(F)c(F)c3F)sc2c1. The summed E-state index contributed by atoms with van der Waals surface area (Å²) in [6.45, 7) is 0. The van der Waals surface area contributed by atoms with Gasteiger partial charge in [-0.2, -0.15) is 0 Å². The minimum atomic E-state index is -2.33. The third kappa shape index (κ3) is 2.88. The molecule has 0 spiro atoms.